The van der Waals surface area contributed by atoms with Crippen LogP contribution in [0.5, 0.6) is 0 Å². The molecule has 0 amide bonds. The molecule has 6 heteroatoms. The first-order valence-electron chi connectivity index (χ1n) is 5.27. The normalized spacial score (nSPS) is 9.21. The molecule has 0 aliphatic heterocycles. The third-order valence-corrected chi connectivity index (χ3v) is 2.45. The van der Waals surface area contributed by atoms with Crippen molar-refractivity contribution in [2.45, 2.75) is 6.54 Å². The molecule has 96 valence electrons. The lowest BCUT2D eigenvalue weighted by molar-refractivity contribution is -0.746. The van der Waals surface area contributed by atoms with Gasteiger partial charge in [0.25, 0.3) is 0 Å². The van der Waals surface area contributed by atoms with E-state index in [0.717, 1.165) is 5.56 Å². The van der Waals surface area contributed by atoms with Gasteiger partial charge in [-0.2, -0.15) is 5.26 Å². The summed E-state index contributed by atoms with van der Waals surface area (Å²) in [5, 5.41) is 21.4. The number of carboxylic acid groups (broad SMARTS) is 1. The van der Waals surface area contributed by atoms with Crippen molar-refractivity contribution in [1.29, 1.82) is 5.26 Å². The average molecular weight is 320 g/mol. The number of hydrogen-bond acceptors (Lipinski definition) is 3. The summed E-state index contributed by atoms with van der Waals surface area (Å²) in [6.07, 6.45) is 2.92. The fourth-order valence-corrected chi connectivity index (χ4v) is 1.48. The van der Waals surface area contributed by atoms with Crippen molar-refractivity contribution < 1.29 is 31.6 Å². The van der Waals surface area contributed by atoms with Gasteiger partial charge in [-0.1, -0.05) is 16.8 Å². The minimum Gasteiger partial charge on any atom is -1.00 e. The minimum atomic E-state index is -0.993. The molecule has 0 unspecified atom stereocenters. The smallest absolute Gasteiger partial charge is 0.337 e. The first-order valence-corrected chi connectivity index (χ1v) is 5.27. The molecule has 0 bridgehead atoms. The van der Waals surface area contributed by atoms with E-state index in [4.69, 9.17) is 10.4 Å². The molecule has 0 spiro atoms. The second-order valence-electron chi connectivity index (χ2n) is 3.73. The van der Waals surface area contributed by atoms with E-state index in [0.29, 0.717) is 12.1 Å². The molecule has 0 radical (unpaired) electrons. The number of halogens is 1. The Balaban J connectivity index is 0.00000180. The van der Waals surface area contributed by atoms with Crippen molar-refractivity contribution in [2.75, 3.05) is 0 Å². The van der Waals surface area contributed by atoms with Gasteiger partial charge in [-0.3, -0.25) is 0 Å². The van der Waals surface area contributed by atoms with Crippen LogP contribution in [-0.4, -0.2) is 16.2 Å². The zero-order valence-corrected chi connectivity index (χ0v) is 11.4. The molecule has 5 nitrogen and oxygen atoms in total. The van der Waals surface area contributed by atoms with Crippen molar-refractivity contribution in [3.05, 3.63) is 59.4 Å². The number of nitrogens with zero attached hydrogens (tertiary/aromatic N) is 3. The van der Waals surface area contributed by atoms with Crippen molar-refractivity contribution in [2.24, 2.45) is 0 Å². The standard InChI is InChI=1S/C13H9N3O2.BrH/c14-7-10-1-3-11(4-2-10)9-16-6-5-12(8-15-16)13(17)18;/h1-6,8H,9H2;1H. The van der Waals surface area contributed by atoms with Crippen LogP contribution in [0.3, 0.4) is 0 Å². The Morgan fingerprint density at radius 2 is 2.00 bits per heavy atom. The Hall–Kier alpha value is -2.26. The van der Waals surface area contributed by atoms with Crippen LogP contribution < -0.4 is 21.7 Å². The summed E-state index contributed by atoms with van der Waals surface area (Å²) in [5.74, 6) is -0.993. The molecule has 1 N–H and O–H groups in total. The van der Waals surface area contributed by atoms with E-state index in [1.807, 2.05) is 12.1 Å². The van der Waals surface area contributed by atoms with Crippen LogP contribution in [0, 0.1) is 11.3 Å². The Morgan fingerprint density at radius 1 is 1.32 bits per heavy atom. The van der Waals surface area contributed by atoms with Crippen molar-refractivity contribution in [3.8, 4) is 6.07 Å². The third-order valence-electron chi connectivity index (χ3n) is 2.45. The highest BCUT2D eigenvalue weighted by molar-refractivity contribution is 5.86. The van der Waals surface area contributed by atoms with Crippen LogP contribution >= 0.6 is 0 Å². The lowest BCUT2D eigenvalue weighted by Gasteiger charge is -1.96. The molecule has 2 aromatic rings. The quantitative estimate of drug-likeness (QED) is 0.663. The second-order valence-corrected chi connectivity index (χ2v) is 3.73. The van der Waals surface area contributed by atoms with E-state index in [-0.39, 0.29) is 22.5 Å². The molecule has 2 rings (SSSR count). The summed E-state index contributed by atoms with van der Waals surface area (Å²) in [6, 6.07) is 10.7. The minimum absolute atomic E-state index is 0. The summed E-state index contributed by atoms with van der Waals surface area (Å²) < 4.78 is 1.63. The first-order chi connectivity index (χ1) is 8.69. The molecule has 19 heavy (non-hydrogen) atoms. The summed E-state index contributed by atoms with van der Waals surface area (Å²) in [5.41, 5.74) is 1.76. The Bertz CT molecular complexity index is 603. The molecule has 0 atom stereocenters. The zero-order chi connectivity index (χ0) is 13.0. The number of rotatable bonds is 3. The Morgan fingerprint density at radius 3 is 2.47 bits per heavy atom. The van der Waals surface area contributed by atoms with Gasteiger partial charge in [0.05, 0.1) is 17.2 Å². The number of carboxylic acids is 1. The monoisotopic (exact) mass is 319 g/mol. The van der Waals surface area contributed by atoms with Crippen LogP contribution in [0.15, 0.2) is 42.7 Å². The predicted molar refractivity (Wildman–Crippen MR) is 61.7 cm³/mol. The number of aromatic carboxylic acids is 1. The number of aromatic nitrogens is 2. The lowest BCUT2D eigenvalue weighted by atomic mass is 10.1. The molecule has 1 aromatic heterocycles. The average Bonchev–Trinajstić information content (AvgIpc) is 2.40. The summed E-state index contributed by atoms with van der Waals surface area (Å²) in [6.45, 7) is 0.533. The maximum absolute atomic E-state index is 10.7. The van der Waals surface area contributed by atoms with Gasteiger partial charge in [-0.25, -0.2) is 4.79 Å². The molecular weight excluding hydrogens is 310 g/mol. The molecule has 0 saturated heterocycles. The molecule has 0 fully saturated rings. The molecule has 0 aliphatic carbocycles. The summed E-state index contributed by atoms with van der Waals surface area (Å²) in [4.78, 5) is 10.7. The van der Waals surface area contributed by atoms with E-state index in [1.54, 1.807) is 23.0 Å². The highest BCUT2D eigenvalue weighted by Crippen LogP contribution is 2.02. The van der Waals surface area contributed by atoms with E-state index in [2.05, 4.69) is 11.2 Å². The van der Waals surface area contributed by atoms with Gasteiger partial charge in [0, 0.05) is 11.6 Å². The van der Waals surface area contributed by atoms with Gasteiger partial charge in [0.2, 0.25) is 0 Å². The van der Waals surface area contributed by atoms with Gasteiger partial charge in [0.15, 0.2) is 12.7 Å². The van der Waals surface area contributed by atoms with Crippen molar-refractivity contribution in [3.63, 3.8) is 0 Å². The number of nitriles is 1. The first kappa shape index (κ1) is 14.8. The fraction of sp³-hybridized carbons (Fsp3) is 0.0769. The lowest BCUT2D eigenvalue weighted by Crippen LogP contribution is -3.00. The van der Waals surface area contributed by atoms with E-state index >= 15 is 0 Å². The number of hydrogen-bond donors (Lipinski definition) is 1. The maximum atomic E-state index is 10.7. The largest absolute Gasteiger partial charge is 1.00 e. The topological polar surface area (TPSA) is 77.9 Å². The van der Waals surface area contributed by atoms with Gasteiger partial charge < -0.3 is 22.1 Å². The van der Waals surface area contributed by atoms with Gasteiger partial charge in [-0.15, -0.1) is 0 Å². The second kappa shape index (κ2) is 6.61. The summed E-state index contributed by atoms with van der Waals surface area (Å²) in [7, 11) is 0. The maximum Gasteiger partial charge on any atom is 0.337 e. The SMILES string of the molecule is N#Cc1ccc(C[n+]2ccc(C(=O)O)cn2)cc1.[Br-]. The van der Waals surface area contributed by atoms with Crippen LogP contribution in [0.25, 0.3) is 0 Å². The van der Waals surface area contributed by atoms with E-state index in [1.165, 1.54) is 12.3 Å². The predicted octanol–water partition coefficient (Wildman–Crippen LogP) is -2.01. The molecular formula is C13H10BrN3O2. The number of carbonyl (C=O) groups is 1. The highest BCUT2D eigenvalue weighted by Gasteiger charge is 2.08. The van der Waals surface area contributed by atoms with Crippen molar-refractivity contribution in [1.82, 2.24) is 5.10 Å². The molecule has 1 aromatic carbocycles. The van der Waals surface area contributed by atoms with E-state index < -0.39 is 5.97 Å². The van der Waals surface area contributed by atoms with Crippen LogP contribution in [0.2, 0.25) is 0 Å². The Labute approximate surface area is 120 Å². The van der Waals surface area contributed by atoms with Gasteiger partial charge in [-0.05, 0) is 17.2 Å². The van der Waals surface area contributed by atoms with Crippen LogP contribution in [0.4, 0.5) is 0 Å². The molecule has 1 heterocycles. The van der Waals surface area contributed by atoms with Gasteiger partial charge in [0.1, 0.15) is 6.20 Å². The fourth-order valence-electron chi connectivity index (χ4n) is 1.48. The zero-order valence-electron chi connectivity index (χ0n) is 9.82. The van der Waals surface area contributed by atoms with Gasteiger partial charge >= 0.3 is 5.97 Å². The molecule has 0 saturated carbocycles. The van der Waals surface area contributed by atoms with Crippen LogP contribution in [-0.2, 0) is 6.54 Å². The highest BCUT2D eigenvalue weighted by atomic mass is 79.9. The molecule has 0 aliphatic rings. The third kappa shape index (κ3) is 3.86. The summed E-state index contributed by atoms with van der Waals surface area (Å²) >= 11 is 0. The van der Waals surface area contributed by atoms with Crippen LogP contribution in [0.1, 0.15) is 21.5 Å². The van der Waals surface area contributed by atoms with Crippen molar-refractivity contribution >= 4 is 5.97 Å². The Kier molecular flexibility index (Phi) is 5.15. The van der Waals surface area contributed by atoms with E-state index in [9.17, 15) is 4.79 Å². The number of benzene rings is 1.